The van der Waals surface area contributed by atoms with Gasteiger partial charge in [0.15, 0.2) is 0 Å². The van der Waals surface area contributed by atoms with Crippen LogP contribution in [0.25, 0.3) is 11.0 Å². The van der Waals surface area contributed by atoms with E-state index in [4.69, 9.17) is 16.0 Å². The lowest BCUT2D eigenvalue weighted by atomic mass is 10.2. The lowest BCUT2D eigenvalue weighted by Gasteiger charge is -2.15. The summed E-state index contributed by atoms with van der Waals surface area (Å²) in [7, 11) is 0. The molecule has 0 radical (unpaired) electrons. The van der Waals surface area contributed by atoms with E-state index in [-0.39, 0.29) is 11.9 Å². The van der Waals surface area contributed by atoms with Crippen LogP contribution in [0.3, 0.4) is 0 Å². The van der Waals surface area contributed by atoms with Gasteiger partial charge in [0.05, 0.1) is 23.2 Å². The van der Waals surface area contributed by atoms with Crippen molar-refractivity contribution in [2.45, 2.75) is 25.3 Å². The van der Waals surface area contributed by atoms with Crippen molar-refractivity contribution in [3.05, 3.63) is 54.0 Å². The predicted molar refractivity (Wildman–Crippen MR) is 76.4 cm³/mol. The smallest absolute Gasteiger partial charge is 0.125 e. The summed E-state index contributed by atoms with van der Waals surface area (Å²) in [6.45, 7) is 2.05. The third kappa shape index (κ3) is 2.31. The van der Waals surface area contributed by atoms with E-state index in [9.17, 15) is 4.39 Å². The highest BCUT2D eigenvalue weighted by Crippen LogP contribution is 2.25. The molecule has 0 fully saturated rings. The molecule has 3 nitrogen and oxygen atoms in total. The van der Waals surface area contributed by atoms with Gasteiger partial charge in [0.1, 0.15) is 17.4 Å². The Balaban J connectivity index is 2.06. The summed E-state index contributed by atoms with van der Waals surface area (Å²) in [5, 5.41) is 0. The molecule has 0 aliphatic rings. The lowest BCUT2D eigenvalue weighted by molar-refractivity contribution is 0.449. The number of rotatable bonds is 4. The maximum absolute atomic E-state index is 13.5. The molecule has 5 heteroatoms. The number of furan rings is 1. The Labute approximate surface area is 121 Å². The SMILES string of the molecule is CC(Cc1ccco1)n1c(CCl)nc2ccc(F)cc21. The molecule has 0 amide bonds. The van der Waals surface area contributed by atoms with E-state index in [1.165, 1.54) is 12.1 Å². The second-order valence-corrected chi connectivity index (χ2v) is 5.06. The molecular formula is C15H14ClFN2O. The van der Waals surface area contributed by atoms with Crippen LogP contribution in [0.4, 0.5) is 4.39 Å². The summed E-state index contributed by atoms with van der Waals surface area (Å²) in [6, 6.07) is 8.46. The molecule has 0 saturated heterocycles. The van der Waals surface area contributed by atoms with Gasteiger partial charge in [-0.2, -0.15) is 0 Å². The van der Waals surface area contributed by atoms with Gasteiger partial charge in [-0.15, -0.1) is 11.6 Å². The number of fused-ring (bicyclic) bond motifs is 1. The molecule has 3 rings (SSSR count). The molecule has 2 heterocycles. The van der Waals surface area contributed by atoms with E-state index in [1.54, 1.807) is 12.3 Å². The van der Waals surface area contributed by atoms with Gasteiger partial charge in [-0.25, -0.2) is 9.37 Å². The van der Waals surface area contributed by atoms with E-state index < -0.39 is 0 Å². The fraction of sp³-hybridized carbons (Fsp3) is 0.267. The van der Waals surface area contributed by atoms with E-state index in [2.05, 4.69) is 4.98 Å². The standard InChI is InChI=1S/C15H14ClFN2O/c1-10(7-12-3-2-6-20-12)19-14-8-11(17)4-5-13(14)18-15(19)9-16/h2-6,8,10H,7,9H2,1H3. The van der Waals surface area contributed by atoms with Crippen molar-refractivity contribution in [2.24, 2.45) is 0 Å². The molecular weight excluding hydrogens is 279 g/mol. The lowest BCUT2D eigenvalue weighted by Crippen LogP contribution is -2.11. The number of imidazole rings is 1. The molecule has 20 heavy (non-hydrogen) atoms. The Bertz CT molecular complexity index is 721. The second kappa shape index (κ2) is 5.29. The first-order valence-corrected chi connectivity index (χ1v) is 6.97. The highest BCUT2D eigenvalue weighted by Gasteiger charge is 2.17. The second-order valence-electron chi connectivity index (χ2n) is 4.80. The minimum Gasteiger partial charge on any atom is -0.469 e. The summed E-state index contributed by atoms with van der Waals surface area (Å²) in [5.41, 5.74) is 1.52. The number of halogens is 2. The Hall–Kier alpha value is -1.81. The zero-order valence-corrected chi connectivity index (χ0v) is 11.8. The maximum Gasteiger partial charge on any atom is 0.125 e. The van der Waals surface area contributed by atoms with Crippen molar-refractivity contribution in [2.75, 3.05) is 0 Å². The zero-order chi connectivity index (χ0) is 14.1. The monoisotopic (exact) mass is 292 g/mol. The topological polar surface area (TPSA) is 31.0 Å². The summed E-state index contributed by atoms with van der Waals surface area (Å²) in [6.07, 6.45) is 2.36. The van der Waals surface area contributed by atoms with Gasteiger partial charge in [-0.05, 0) is 37.3 Å². The van der Waals surface area contributed by atoms with Gasteiger partial charge in [-0.1, -0.05) is 0 Å². The first-order chi connectivity index (χ1) is 9.69. The quantitative estimate of drug-likeness (QED) is 0.671. The average Bonchev–Trinajstić information content (AvgIpc) is 3.04. The molecule has 0 saturated carbocycles. The molecule has 0 bridgehead atoms. The number of hydrogen-bond acceptors (Lipinski definition) is 2. The third-order valence-electron chi connectivity index (χ3n) is 3.36. The zero-order valence-electron chi connectivity index (χ0n) is 11.0. The Morgan fingerprint density at radius 2 is 2.25 bits per heavy atom. The highest BCUT2D eigenvalue weighted by atomic mass is 35.5. The van der Waals surface area contributed by atoms with Crippen molar-refractivity contribution in [3.8, 4) is 0 Å². The number of hydrogen-bond donors (Lipinski definition) is 0. The number of aromatic nitrogens is 2. The van der Waals surface area contributed by atoms with E-state index in [0.29, 0.717) is 12.3 Å². The minimum absolute atomic E-state index is 0.0849. The fourth-order valence-corrected chi connectivity index (χ4v) is 2.70. The van der Waals surface area contributed by atoms with Crippen LogP contribution in [-0.2, 0) is 12.3 Å². The van der Waals surface area contributed by atoms with Crippen LogP contribution in [0, 0.1) is 5.82 Å². The minimum atomic E-state index is -0.273. The van der Waals surface area contributed by atoms with Crippen molar-refractivity contribution in [3.63, 3.8) is 0 Å². The molecule has 104 valence electrons. The van der Waals surface area contributed by atoms with Crippen LogP contribution in [0.15, 0.2) is 41.0 Å². The molecule has 1 aromatic carbocycles. The van der Waals surface area contributed by atoms with E-state index >= 15 is 0 Å². The van der Waals surface area contributed by atoms with Crippen LogP contribution in [0.2, 0.25) is 0 Å². The first kappa shape index (κ1) is 13.2. The summed E-state index contributed by atoms with van der Waals surface area (Å²) in [5.74, 6) is 1.64. The first-order valence-electron chi connectivity index (χ1n) is 6.43. The van der Waals surface area contributed by atoms with E-state index in [0.717, 1.165) is 22.6 Å². The van der Waals surface area contributed by atoms with E-state index in [1.807, 2.05) is 23.6 Å². The summed E-state index contributed by atoms with van der Waals surface area (Å²) < 4.78 is 20.8. The van der Waals surface area contributed by atoms with Gasteiger partial charge < -0.3 is 8.98 Å². The average molecular weight is 293 g/mol. The van der Waals surface area contributed by atoms with Crippen molar-refractivity contribution in [1.82, 2.24) is 9.55 Å². The van der Waals surface area contributed by atoms with Gasteiger partial charge in [0.2, 0.25) is 0 Å². The molecule has 2 aromatic heterocycles. The van der Waals surface area contributed by atoms with Crippen molar-refractivity contribution in [1.29, 1.82) is 0 Å². The van der Waals surface area contributed by atoms with Crippen LogP contribution in [0.5, 0.6) is 0 Å². The third-order valence-corrected chi connectivity index (χ3v) is 3.60. The Morgan fingerprint density at radius 1 is 1.40 bits per heavy atom. The molecule has 0 aliphatic heterocycles. The molecule has 0 spiro atoms. The predicted octanol–water partition coefficient (Wildman–Crippen LogP) is 4.31. The number of benzene rings is 1. The molecule has 1 atom stereocenters. The van der Waals surface area contributed by atoms with Crippen molar-refractivity contribution < 1.29 is 8.81 Å². The van der Waals surface area contributed by atoms with Crippen LogP contribution >= 0.6 is 11.6 Å². The fourth-order valence-electron chi connectivity index (χ4n) is 2.51. The Kier molecular flexibility index (Phi) is 3.49. The molecule has 0 aliphatic carbocycles. The summed E-state index contributed by atoms with van der Waals surface area (Å²) >= 11 is 5.97. The van der Waals surface area contributed by atoms with Crippen LogP contribution in [-0.4, -0.2) is 9.55 Å². The molecule has 1 unspecified atom stereocenters. The van der Waals surface area contributed by atoms with Crippen molar-refractivity contribution >= 4 is 22.6 Å². The largest absolute Gasteiger partial charge is 0.469 e. The summed E-state index contributed by atoms with van der Waals surface area (Å²) in [4.78, 5) is 4.46. The number of alkyl halides is 1. The highest BCUT2D eigenvalue weighted by molar-refractivity contribution is 6.16. The molecule has 3 aromatic rings. The van der Waals surface area contributed by atoms with Gasteiger partial charge in [0, 0.05) is 12.5 Å². The Morgan fingerprint density at radius 3 is 2.95 bits per heavy atom. The van der Waals surface area contributed by atoms with Gasteiger partial charge in [0.25, 0.3) is 0 Å². The van der Waals surface area contributed by atoms with Crippen LogP contribution < -0.4 is 0 Å². The number of nitrogens with zero attached hydrogens (tertiary/aromatic N) is 2. The van der Waals surface area contributed by atoms with Gasteiger partial charge in [-0.3, -0.25) is 0 Å². The normalized spacial score (nSPS) is 12.9. The van der Waals surface area contributed by atoms with Crippen LogP contribution in [0.1, 0.15) is 24.6 Å². The molecule has 0 N–H and O–H groups in total. The van der Waals surface area contributed by atoms with Gasteiger partial charge >= 0.3 is 0 Å². The maximum atomic E-state index is 13.5.